The number of nitrogens with one attached hydrogen (secondary N) is 1. The van der Waals surface area contributed by atoms with Crippen LogP contribution in [0.25, 0.3) is 0 Å². The molecule has 0 amide bonds. The Bertz CT molecular complexity index is 365. The molecule has 1 saturated carbocycles. The van der Waals surface area contributed by atoms with Crippen LogP contribution in [0.3, 0.4) is 0 Å². The van der Waals surface area contributed by atoms with Crippen molar-refractivity contribution in [2.75, 3.05) is 5.32 Å². The first kappa shape index (κ1) is 11.5. The predicted octanol–water partition coefficient (Wildman–Crippen LogP) is 3.20. The summed E-state index contributed by atoms with van der Waals surface area (Å²) in [7, 11) is 0. The minimum absolute atomic E-state index is 0.496. The van der Waals surface area contributed by atoms with Gasteiger partial charge < -0.3 is 9.88 Å². The normalized spacial score (nSPS) is 23.6. The fraction of sp³-hybridized carbons (Fsp3) is 0.769. The molecule has 0 bridgehead atoms. The average Bonchev–Trinajstić information content (AvgIpc) is 2.70. The van der Waals surface area contributed by atoms with E-state index in [2.05, 4.69) is 48.8 Å². The van der Waals surface area contributed by atoms with Crippen molar-refractivity contribution in [2.24, 2.45) is 5.41 Å². The SMILES string of the molecule is CCn1cc(C)nc1NC1CCC(C)(C)C1. The standard InChI is InChI=1S/C13H23N3/c1-5-16-9-10(2)14-12(16)15-11-6-7-13(3,4)8-11/h9,11H,5-8H2,1-4H3,(H,14,15). The number of nitrogens with zero attached hydrogens (tertiary/aromatic N) is 2. The molecule has 0 saturated heterocycles. The molecular formula is C13H23N3. The number of rotatable bonds is 3. The Labute approximate surface area is 98.3 Å². The lowest BCUT2D eigenvalue weighted by Gasteiger charge is -2.18. The second-order valence-electron chi connectivity index (χ2n) is 5.74. The summed E-state index contributed by atoms with van der Waals surface area (Å²) in [5.74, 6) is 1.04. The van der Waals surface area contributed by atoms with Crippen LogP contribution in [0.5, 0.6) is 0 Å². The summed E-state index contributed by atoms with van der Waals surface area (Å²) < 4.78 is 2.20. The van der Waals surface area contributed by atoms with Crippen LogP contribution in [0, 0.1) is 12.3 Å². The largest absolute Gasteiger partial charge is 0.353 e. The molecular weight excluding hydrogens is 198 g/mol. The molecule has 0 radical (unpaired) electrons. The maximum Gasteiger partial charge on any atom is 0.203 e. The summed E-state index contributed by atoms with van der Waals surface area (Å²) in [4.78, 5) is 4.54. The lowest BCUT2D eigenvalue weighted by molar-refractivity contribution is 0.378. The van der Waals surface area contributed by atoms with E-state index >= 15 is 0 Å². The van der Waals surface area contributed by atoms with Crippen molar-refractivity contribution in [1.82, 2.24) is 9.55 Å². The van der Waals surface area contributed by atoms with E-state index in [1.807, 2.05) is 0 Å². The third-order valence-electron chi connectivity index (χ3n) is 3.54. The zero-order valence-electron chi connectivity index (χ0n) is 10.9. The molecule has 16 heavy (non-hydrogen) atoms. The highest BCUT2D eigenvalue weighted by molar-refractivity contribution is 5.30. The van der Waals surface area contributed by atoms with Gasteiger partial charge in [0, 0.05) is 18.8 Å². The van der Waals surface area contributed by atoms with E-state index in [4.69, 9.17) is 0 Å². The topological polar surface area (TPSA) is 29.9 Å². The van der Waals surface area contributed by atoms with E-state index in [-0.39, 0.29) is 0 Å². The van der Waals surface area contributed by atoms with Gasteiger partial charge in [0.1, 0.15) is 0 Å². The molecule has 1 atom stereocenters. The van der Waals surface area contributed by atoms with Crippen molar-refractivity contribution in [3.63, 3.8) is 0 Å². The predicted molar refractivity (Wildman–Crippen MR) is 67.7 cm³/mol. The summed E-state index contributed by atoms with van der Waals surface area (Å²) in [6.07, 6.45) is 5.95. The van der Waals surface area contributed by atoms with Gasteiger partial charge in [0.25, 0.3) is 0 Å². The van der Waals surface area contributed by atoms with Gasteiger partial charge in [0.15, 0.2) is 0 Å². The van der Waals surface area contributed by atoms with Gasteiger partial charge in [-0.1, -0.05) is 13.8 Å². The highest BCUT2D eigenvalue weighted by atomic mass is 15.2. The van der Waals surface area contributed by atoms with Gasteiger partial charge in [-0.05, 0) is 38.5 Å². The van der Waals surface area contributed by atoms with Gasteiger partial charge in [0.2, 0.25) is 5.95 Å². The van der Waals surface area contributed by atoms with Gasteiger partial charge in [0.05, 0.1) is 5.69 Å². The van der Waals surface area contributed by atoms with Crippen LogP contribution in [0.15, 0.2) is 6.20 Å². The van der Waals surface area contributed by atoms with E-state index in [1.54, 1.807) is 0 Å². The molecule has 1 N–H and O–H groups in total. The molecule has 2 rings (SSSR count). The van der Waals surface area contributed by atoms with E-state index in [0.717, 1.165) is 18.2 Å². The molecule has 1 aromatic rings. The lowest BCUT2D eigenvalue weighted by Crippen LogP contribution is -2.20. The number of aryl methyl sites for hydroxylation is 2. The molecule has 3 heteroatoms. The van der Waals surface area contributed by atoms with E-state index in [9.17, 15) is 0 Å². The molecule has 90 valence electrons. The average molecular weight is 221 g/mol. The molecule has 1 aliphatic carbocycles. The molecule has 0 spiro atoms. The second-order valence-corrected chi connectivity index (χ2v) is 5.74. The van der Waals surface area contributed by atoms with Gasteiger partial charge in [-0.25, -0.2) is 4.98 Å². The Kier molecular flexibility index (Phi) is 2.96. The Morgan fingerprint density at radius 1 is 1.56 bits per heavy atom. The zero-order valence-corrected chi connectivity index (χ0v) is 10.9. The molecule has 1 aromatic heterocycles. The van der Waals surface area contributed by atoms with Crippen LogP contribution in [0.1, 0.15) is 45.7 Å². The van der Waals surface area contributed by atoms with Crippen molar-refractivity contribution < 1.29 is 0 Å². The highest BCUT2D eigenvalue weighted by Crippen LogP contribution is 2.38. The summed E-state index contributed by atoms with van der Waals surface area (Å²) >= 11 is 0. The molecule has 3 nitrogen and oxygen atoms in total. The third-order valence-corrected chi connectivity index (χ3v) is 3.54. The minimum Gasteiger partial charge on any atom is -0.353 e. The first-order valence-electron chi connectivity index (χ1n) is 6.30. The number of anilines is 1. The van der Waals surface area contributed by atoms with E-state index in [1.165, 1.54) is 19.3 Å². The smallest absolute Gasteiger partial charge is 0.203 e. The molecule has 1 heterocycles. The van der Waals surface area contributed by atoms with Crippen LogP contribution in [-0.4, -0.2) is 15.6 Å². The maximum absolute atomic E-state index is 4.54. The van der Waals surface area contributed by atoms with Crippen molar-refractivity contribution in [2.45, 2.75) is 59.5 Å². The van der Waals surface area contributed by atoms with E-state index in [0.29, 0.717) is 11.5 Å². The number of hydrogen-bond donors (Lipinski definition) is 1. The maximum atomic E-state index is 4.54. The van der Waals surface area contributed by atoms with Crippen LogP contribution >= 0.6 is 0 Å². The molecule has 0 aromatic carbocycles. The quantitative estimate of drug-likeness (QED) is 0.849. The van der Waals surface area contributed by atoms with Gasteiger partial charge >= 0.3 is 0 Å². The van der Waals surface area contributed by atoms with Crippen molar-refractivity contribution in [3.8, 4) is 0 Å². The second kappa shape index (κ2) is 4.11. The fourth-order valence-corrected chi connectivity index (χ4v) is 2.64. The Hall–Kier alpha value is -0.990. The molecule has 1 fully saturated rings. The first-order valence-corrected chi connectivity index (χ1v) is 6.30. The van der Waals surface area contributed by atoms with Crippen molar-refractivity contribution in [3.05, 3.63) is 11.9 Å². The fourth-order valence-electron chi connectivity index (χ4n) is 2.64. The van der Waals surface area contributed by atoms with Crippen molar-refractivity contribution in [1.29, 1.82) is 0 Å². The summed E-state index contributed by atoms with van der Waals surface area (Å²) in [5.41, 5.74) is 1.60. The monoisotopic (exact) mass is 221 g/mol. The summed E-state index contributed by atoms with van der Waals surface area (Å²) in [6, 6.07) is 0.599. The molecule has 1 unspecified atom stereocenters. The first-order chi connectivity index (χ1) is 7.50. The number of aromatic nitrogens is 2. The zero-order chi connectivity index (χ0) is 11.8. The van der Waals surface area contributed by atoms with Gasteiger partial charge in [-0.15, -0.1) is 0 Å². The third kappa shape index (κ3) is 2.39. The minimum atomic E-state index is 0.496. The van der Waals surface area contributed by atoms with Gasteiger partial charge in [-0.3, -0.25) is 0 Å². The van der Waals surface area contributed by atoms with Crippen molar-refractivity contribution >= 4 is 5.95 Å². The summed E-state index contributed by atoms with van der Waals surface area (Å²) in [5, 5.41) is 3.59. The summed E-state index contributed by atoms with van der Waals surface area (Å²) in [6.45, 7) is 9.90. The number of hydrogen-bond acceptors (Lipinski definition) is 2. The Balaban J connectivity index is 2.04. The number of imidazole rings is 1. The van der Waals surface area contributed by atoms with Crippen LogP contribution in [0.2, 0.25) is 0 Å². The Morgan fingerprint density at radius 2 is 2.31 bits per heavy atom. The van der Waals surface area contributed by atoms with Crippen LogP contribution in [0.4, 0.5) is 5.95 Å². The van der Waals surface area contributed by atoms with Gasteiger partial charge in [-0.2, -0.15) is 0 Å². The molecule has 0 aliphatic heterocycles. The van der Waals surface area contributed by atoms with Crippen LogP contribution in [-0.2, 0) is 6.54 Å². The lowest BCUT2D eigenvalue weighted by atomic mass is 9.92. The highest BCUT2D eigenvalue weighted by Gasteiger charge is 2.31. The van der Waals surface area contributed by atoms with E-state index < -0.39 is 0 Å². The Morgan fingerprint density at radius 3 is 2.88 bits per heavy atom. The van der Waals surface area contributed by atoms with Crippen LogP contribution < -0.4 is 5.32 Å². The molecule has 1 aliphatic rings.